The molecule has 0 saturated heterocycles. The number of hydrogen-bond donors (Lipinski definition) is 1. The van der Waals surface area contributed by atoms with E-state index in [4.69, 9.17) is 0 Å². The van der Waals surface area contributed by atoms with E-state index in [1.807, 2.05) is 0 Å². The third-order valence-corrected chi connectivity index (χ3v) is 4.31. The average Bonchev–Trinajstić information content (AvgIpc) is 2.76. The van der Waals surface area contributed by atoms with Crippen molar-refractivity contribution >= 4 is 33.7 Å². The number of carbonyl (C=O) groups excluding carboxylic acids is 3. The number of imide groups is 1. The molecule has 1 aromatic carbocycles. The van der Waals surface area contributed by atoms with E-state index >= 15 is 0 Å². The van der Waals surface area contributed by atoms with Crippen LogP contribution in [-0.4, -0.2) is 35.7 Å². The molecule has 1 aliphatic rings. The highest BCUT2D eigenvalue weighted by Gasteiger charge is 2.35. The summed E-state index contributed by atoms with van der Waals surface area (Å²) in [4.78, 5) is 37.4. The SMILES string of the molecule is CCCCCNC(=O)CCCN1C(=O)c2ccc(Br)cc2C1=O. The molecule has 0 bridgehead atoms. The predicted molar refractivity (Wildman–Crippen MR) is 91.3 cm³/mol. The summed E-state index contributed by atoms with van der Waals surface area (Å²) in [6, 6.07) is 5.06. The number of fused-ring (bicyclic) bond motifs is 1. The first-order valence-electron chi connectivity index (χ1n) is 7.97. The first-order chi connectivity index (χ1) is 11.0. The number of amides is 3. The van der Waals surface area contributed by atoms with Gasteiger partial charge in [0.15, 0.2) is 0 Å². The van der Waals surface area contributed by atoms with Crippen LogP contribution >= 0.6 is 15.9 Å². The molecule has 6 heteroatoms. The molecule has 124 valence electrons. The zero-order chi connectivity index (χ0) is 16.8. The molecule has 1 aliphatic heterocycles. The first-order valence-corrected chi connectivity index (χ1v) is 8.76. The van der Waals surface area contributed by atoms with Gasteiger partial charge in [-0.15, -0.1) is 0 Å². The second kappa shape index (κ2) is 8.24. The number of unbranched alkanes of at least 4 members (excludes halogenated alkanes) is 2. The highest BCUT2D eigenvalue weighted by molar-refractivity contribution is 9.10. The second-order valence-electron chi connectivity index (χ2n) is 5.61. The number of rotatable bonds is 8. The second-order valence-corrected chi connectivity index (χ2v) is 6.53. The fourth-order valence-electron chi connectivity index (χ4n) is 2.55. The van der Waals surface area contributed by atoms with Crippen molar-refractivity contribution in [1.82, 2.24) is 10.2 Å². The van der Waals surface area contributed by atoms with Crippen molar-refractivity contribution in [1.29, 1.82) is 0 Å². The van der Waals surface area contributed by atoms with E-state index in [-0.39, 0.29) is 24.3 Å². The van der Waals surface area contributed by atoms with Crippen LogP contribution < -0.4 is 5.32 Å². The highest BCUT2D eigenvalue weighted by Crippen LogP contribution is 2.26. The summed E-state index contributed by atoms with van der Waals surface area (Å²) >= 11 is 3.30. The first kappa shape index (κ1) is 17.7. The molecular weight excluding hydrogens is 360 g/mol. The van der Waals surface area contributed by atoms with Crippen LogP contribution in [0.3, 0.4) is 0 Å². The minimum atomic E-state index is -0.283. The summed E-state index contributed by atoms with van der Waals surface area (Å²) in [6.07, 6.45) is 4.00. The lowest BCUT2D eigenvalue weighted by Crippen LogP contribution is -2.32. The lowest BCUT2D eigenvalue weighted by atomic mass is 10.1. The number of benzene rings is 1. The molecule has 0 radical (unpaired) electrons. The standard InChI is InChI=1S/C17H21BrN2O3/c1-2-3-4-9-19-15(21)6-5-10-20-16(22)13-8-7-12(18)11-14(13)17(20)23/h7-8,11H,2-6,9-10H2,1H3,(H,19,21). The van der Waals surface area contributed by atoms with Crippen molar-refractivity contribution in [3.05, 3.63) is 33.8 Å². The summed E-state index contributed by atoms with van der Waals surface area (Å²) in [5, 5.41) is 2.86. The molecule has 1 aromatic rings. The number of halogens is 1. The Morgan fingerprint density at radius 1 is 1.13 bits per heavy atom. The van der Waals surface area contributed by atoms with Crippen LogP contribution in [0.2, 0.25) is 0 Å². The molecule has 1 heterocycles. The van der Waals surface area contributed by atoms with Crippen LogP contribution in [0.4, 0.5) is 0 Å². The van der Waals surface area contributed by atoms with Crippen LogP contribution in [0.5, 0.6) is 0 Å². The van der Waals surface area contributed by atoms with E-state index in [1.165, 1.54) is 4.90 Å². The van der Waals surface area contributed by atoms with E-state index in [0.717, 1.165) is 23.7 Å². The summed E-state index contributed by atoms with van der Waals surface area (Å²) in [5.41, 5.74) is 0.857. The minimum absolute atomic E-state index is 0.0274. The van der Waals surface area contributed by atoms with Gasteiger partial charge in [-0.3, -0.25) is 19.3 Å². The molecular formula is C17H21BrN2O3. The maximum absolute atomic E-state index is 12.3. The molecule has 23 heavy (non-hydrogen) atoms. The number of carbonyl (C=O) groups is 3. The molecule has 1 N–H and O–H groups in total. The lowest BCUT2D eigenvalue weighted by molar-refractivity contribution is -0.121. The summed E-state index contributed by atoms with van der Waals surface area (Å²) in [7, 11) is 0. The maximum atomic E-state index is 12.3. The molecule has 0 atom stereocenters. The largest absolute Gasteiger partial charge is 0.356 e. The Morgan fingerprint density at radius 3 is 2.61 bits per heavy atom. The normalized spacial score (nSPS) is 13.4. The van der Waals surface area contributed by atoms with E-state index < -0.39 is 0 Å². The minimum Gasteiger partial charge on any atom is -0.356 e. The topological polar surface area (TPSA) is 66.5 Å². The zero-order valence-electron chi connectivity index (χ0n) is 13.2. The van der Waals surface area contributed by atoms with Gasteiger partial charge in [0.25, 0.3) is 11.8 Å². The smallest absolute Gasteiger partial charge is 0.261 e. The van der Waals surface area contributed by atoms with Gasteiger partial charge in [0, 0.05) is 24.0 Å². The summed E-state index contributed by atoms with van der Waals surface area (Å²) in [6.45, 7) is 3.07. The molecule has 2 rings (SSSR count). The molecule has 0 spiro atoms. The van der Waals surface area contributed by atoms with E-state index in [0.29, 0.717) is 30.5 Å². The molecule has 5 nitrogen and oxygen atoms in total. The predicted octanol–water partition coefficient (Wildman–Crippen LogP) is 3.13. The number of nitrogens with zero attached hydrogens (tertiary/aromatic N) is 1. The highest BCUT2D eigenvalue weighted by atomic mass is 79.9. The van der Waals surface area contributed by atoms with Crippen LogP contribution in [0.15, 0.2) is 22.7 Å². The Hall–Kier alpha value is -1.69. The molecule has 0 saturated carbocycles. The van der Waals surface area contributed by atoms with Crippen LogP contribution in [-0.2, 0) is 4.79 Å². The molecule has 0 fully saturated rings. The van der Waals surface area contributed by atoms with E-state index in [2.05, 4.69) is 28.2 Å². The van der Waals surface area contributed by atoms with Crippen molar-refractivity contribution < 1.29 is 14.4 Å². The average molecular weight is 381 g/mol. The van der Waals surface area contributed by atoms with Crippen LogP contribution in [0.25, 0.3) is 0 Å². The Kier molecular flexibility index (Phi) is 6.33. The Bertz CT molecular complexity index is 616. The van der Waals surface area contributed by atoms with Crippen molar-refractivity contribution in [2.45, 2.75) is 39.0 Å². The number of nitrogens with one attached hydrogen (secondary N) is 1. The monoisotopic (exact) mass is 380 g/mol. The van der Waals surface area contributed by atoms with Crippen molar-refractivity contribution in [3.8, 4) is 0 Å². The fourth-order valence-corrected chi connectivity index (χ4v) is 2.92. The van der Waals surface area contributed by atoms with Gasteiger partial charge in [0.1, 0.15) is 0 Å². The van der Waals surface area contributed by atoms with Crippen LogP contribution in [0, 0.1) is 0 Å². The number of hydrogen-bond acceptors (Lipinski definition) is 3. The van der Waals surface area contributed by atoms with Crippen molar-refractivity contribution in [2.24, 2.45) is 0 Å². The third-order valence-electron chi connectivity index (χ3n) is 3.82. The molecule has 0 aliphatic carbocycles. The lowest BCUT2D eigenvalue weighted by Gasteiger charge is -2.13. The zero-order valence-corrected chi connectivity index (χ0v) is 14.8. The van der Waals surface area contributed by atoms with Gasteiger partial charge < -0.3 is 5.32 Å². The van der Waals surface area contributed by atoms with Gasteiger partial charge in [-0.2, -0.15) is 0 Å². The maximum Gasteiger partial charge on any atom is 0.261 e. The van der Waals surface area contributed by atoms with Gasteiger partial charge in [-0.05, 0) is 31.0 Å². The summed E-state index contributed by atoms with van der Waals surface area (Å²) in [5.74, 6) is -0.587. The molecule has 0 aromatic heterocycles. The third kappa shape index (κ3) is 4.41. The van der Waals surface area contributed by atoms with Gasteiger partial charge in [-0.1, -0.05) is 35.7 Å². The van der Waals surface area contributed by atoms with Crippen molar-refractivity contribution in [2.75, 3.05) is 13.1 Å². The van der Waals surface area contributed by atoms with E-state index in [1.54, 1.807) is 18.2 Å². The fraction of sp³-hybridized carbons (Fsp3) is 0.471. The van der Waals surface area contributed by atoms with Gasteiger partial charge in [-0.25, -0.2) is 0 Å². The quantitative estimate of drug-likeness (QED) is 0.556. The Balaban J connectivity index is 1.80. The van der Waals surface area contributed by atoms with Crippen molar-refractivity contribution in [3.63, 3.8) is 0 Å². The van der Waals surface area contributed by atoms with Gasteiger partial charge >= 0.3 is 0 Å². The summed E-state index contributed by atoms with van der Waals surface area (Å²) < 4.78 is 0.769. The Morgan fingerprint density at radius 2 is 1.87 bits per heavy atom. The van der Waals surface area contributed by atoms with Crippen LogP contribution in [0.1, 0.15) is 59.7 Å². The van der Waals surface area contributed by atoms with E-state index in [9.17, 15) is 14.4 Å². The van der Waals surface area contributed by atoms with Gasteiger partial charge in [0.05, 0.1) is 11.1 Å². The molecule has 0 unspecified atom stereocenters. The molecule has 3 amide bonds. The Labute approximate surface area is 144 Å². The van der Waals surface area contributed by atoms with Gasteiger partial charge in [0.2, 0.25) is 5.91 Å².